The van der Waals surface area contributed by atoms with Crippen LogP contribution in [0.15, 0.2) is 53.6 Å². The normalized spacial score (nSPS) is 15.1. The highest BCUT2D eigenvalue weighted by Gasteiger charge is 2.20. The molecule has 2 aromatic rings. The standard InChI is InChI=1S/C22H24FN3O2/c1-15(25-26-22(28)16-6-3-2-4-7-16)18-8-5-9-20(14-18)24-21(27)17-10-12-19(23)13-11-17/h5,8-14,16H,2-4,6-7H2,1H3,(H,24,27)(H,26,28)/b25-15+. The van der Waals surface area contributed by atoms with Crippen molar-refractivity contribution in [2.24, 2.45) is 11.0 Å². The maximum atomic E-state index is 13.0. The van der Waals surface area contributed by atoms with Crippen molar-refractivity contribution >= 4 is 23.2 Å². The van der Waals surface area contributed by atoms with Gasteiger partial charge in [0.05, 0.1) is 5.71 Å². The quantitative estimate of drug-likeness (QED) is 0.591. The van der Waals surface area contributed by atoms with Gasteiger partial charge in [-0.1, -0.05) is 31.4 Å². The lowest BCUT2D eigenvalue weighted by molar-refractivity contribution is -0.125. The van der Waals surface area contributed by atoms with Gasteiger partial charge < -0.3 is 5.32 Å². The summed E-state index contributed by atoms with van der Waals surface area (Å²) < 4.78 is 13.0. The van der Waals surface area contributed by atoms with Crippen molar-refractivity contribution in [2.75, 3.05) is 5.32 Å². The molecular weight excluding hydrogens is 357 g/mol. The summed E-state index contributed by atoms with van der Waals surface area (Å²) in [5.41, 5.74) is 5.08. The van der Waals surface area contributed by atoms with Gasteiger partial charge in [0, 0.05) is 17.2 Å². The van der Waals surface area contributed by atoms with E-state index in [1.165, 1.54) is 30.7 Å². The van der Waals surface area contributed by atoms with Crippen LogP contribution in [0.5, 0.6) is 0 Å². The van der Waals surface area contributed by atoms with Crippen LogP contribution < -0.4 is 10.7 Å². The van der Waals surface area contributed by atoms with E-state index in [-0.39, 0.29) is 23.5 Å². The Hall–Kier alpha value is -3.02. The first-order chi connectivity index (χ1) is 13.5. The third-order valence-electron chi connectivity index (χ3n) is 4.95. The third-order valence-corrected chi connectivity index (χ3v) is 4.95. The molecule has 0 aliphatic heterocycles. The minimum atomic E-state index is -0.388. The van der Waals surface area contributed by atoms with Crippen molar-refractivity contribution in [1.82, 2.24) is 5.43 Å². The molecule has 0 atom stereocenters. The first-order valence-corrected chi connectivity index (χ1v) is 9.54. The Morgan fingerprint density at radius 3 is 2.43 bits per heavy atom. The van der Waals surface area contributed by atoms with Crippen LogP contribution in [0.1, 0.15) is 54.9 Å². The zero-order valence-electron chi connectivity index (χ0n) is 15.9. The number of hydrazone groups is 1. The van der Waals surface area contributed by atoms with Gasteiger partial charge in [-0.25, -0.2) is 9.82 Å². The number of halogens is 1. The molecule has 1 saturated carbocycles. The number of hydrogen-bond donors (Lipinski definition) is 2. The van der Waals surface area contributed by atoms with Gasteiger partial charge >= 0.3 is 0 Å². The van der Waals surface area contributed by atoms with Gasteiger partial charge in [-0.05, 0) is 61.7 Å². The number of anilines is 1. The Morgan fingerprint density at radius 1 is 1.00 bits per heavy atom. The number of nitrogens with zero attached hydrogens (tertiary/aromatic N) is 1. The maximum absolute atomic E-state index is 13.0. The summed E-state index contributed by atoms with van der Waals surface area (Å²) in [4.78, 5) is 24.5. The highest BCUT2D eigenvalue weighted by atomic mass is 19.1. The first-order valence-electron chi connectivity index (χ1n) is 9.54. The molecule has 0 aromatic heterocycles. The molecule has 0 saturated heterocycles. The molecule has 0 spiro atoms. The van der Waals surface area contributed by atoms with Crippen molar-refractivity contribution < 1.29 is 14.0 Å². The molecule has 146 valence electrons. The number of rotatable bonds is 5. The molecule has 6 heteroatoms. The fourth-order valence-corrected chi connectivity index (χ4v) is 3.29. The molecule has 2 amide bonds. The topological polar surface area (TPSA) is 70.6 Å². The van der Waals surface area contributed by atoms with E-state index in [1.807, 2.05) is 13.0 Å². The number of carbonyl (C=O) groups is 2. The van der Waals surface area contributed by atoms with Gasteiger partial charge in [-0.3, -0.25) is 9.59 Å². The summed E-state index contributed by atoms with van der Waals surface area (Å²) in [7, 11) is 0. The molecule has 2 aromatic carbocycles. The molecule has 3 rings (SSSR count). The number of carbonyl (C=O) groups excluding carboxylic acids is 2. The third kappa shape index (κ3) is 5.25. The average Bonchev–Trinajstić information content (AvgIpc) is 2.73. The molecule has 1 aliphatic carbocycles. The average molecular weight is 381 g/mol. The number of benzene rings is 2. The van der Waals surface area contributed by atoms with Crippen LogP contribution in [0.3, 0.4) is 0 Å². The van der Waals surface area contributed by atoms with E-state index in [9.17, 15) is 14.0 Å². The molecule has 2 N–H and O–H groups in total. The summed E-state index contributed by atoms with van der Waals surface area (Å²) in [5.74, 6) is -0.690. The molecule has 0 bridgehead atoms. The number of hydrogen-bond acceptors (Lipinski definition) is 3. The van der Waals surface area contributed by atoms with Crippen molar-refractivity contribution in [2.45, 2.75) is 39.0 Å². The van der Waals surface area contributed by atoms with Crippen LogP contribution in [0.2, 0.25) is 0 Å². The highest BCUT2D eigenvalue weighted by Crippen LogP contribution is 2.23. The Morgan fingerprint density at radius 2 is 1.71 bits per heavy atom. The lowest BCUT2D eigenvalue weighted by atomic mass is 9.89. The van der Waals surface area contributed by atoms with E-state index in [0.717, 1.165) is 31.2 Å². The second-order valence-corrected chi connectivity index (χ2v) is 7.05. The van der Waals surface area contributed by atoms with Crippen LogP contribution >= 0.6 is 0 Å². The fraction of sp³-hybridized carbons (Fsp3) is 0.318. The van der Waals surface area contributed by atoms with Crippen LogP contribution in [-0.2, 0) is 4.79 Å². The molecule has 0 radical (unpaired) electrons. The molecular formula is C22H24FN3O2. The van der Waals surface area contributed by atoms with Crippen LogP contribution in [0, 0.1) is 11.7 Å². The SMILES string of the molecule is C/C(=N\NC(=O)C1CCCCC1)c1cccc(NC(=O)c2ccc(F)cc2)c1. The molecule has 0 heterocycles. The number of amides is 2. The summed E-state index contributed by atoms with van der Waals surface area (Å²) in [6, 6.07) is 12.6. The summed E-state index contributed by atoms with van der Waals surface area (Å²) in [5, 5.41) is 7.01. The Labute approximate surface area is 164 Å². The fourth-order valence-electron chi connectivity index (χ4n) is 3.29. The molecule has 1 aliphatic rings. The first kappa shape index (κ1) is 19.7. The van der Waals surface area contributed by atoms with Crippen molar-refractivity contribution in [1.29, 1.82) is 0 Å². The van der Waals surface area contributed by atoms with Crippen LogP contribution in [0.25, 0.3) is 0 Å². The predicted molar refractivity (Wildman–Crippen MR) is 108 cm³/mol. The zero-order valence-corrected chi connectivity index (χ0v) is 15.9. The number of nitrogens with one attached hydrogen (secondary N) is 2. The maximum Gasteiger partial charge on any atom is 0.255 e. The Kier molecular flexibility index (Phi) is 6.53. The van der Waals surface area contributed by atoms with Gasteiger partial charge in [-0.2, -0.15) is 5.10 Å². The van der Waals surface area contributed by atoms with Crippen molar-refractivity contribution in [3.05, 3.63) is 65.5 Å². The van der Waals surface area contributed by atoms with Crippen molar-refractivity contribution in [3.63, 3.8) is 0 Å². The van der Waals surface area contributed by atoms with E-state index in [2.05, 4.69) is 15.8 Å². The van der Waals surface area contributed by atoms with Crippen LogP contribution in [-0.4, -0.2) is 17.5 Å². The zero-order chi connectivity index (χ0) is 19.9. The Bertz CT molecular complexity index is 872. The summed E-state index contributed by atoms with van der Waals surface area (Å²) in [6.07, 6.45) is 5.23. The summed E-state index contributed by atoms with van der Waals surface area (Å²) >= 11 is 0. The second kappa shape index (κ2) is 9.26. The monoisotopic (exact) mass is 381 g/mol. The molecule has 1 fully saturated rings. The smallest absolute Gasteiger partial charge is 0.255 e. The molecule has 5 nitrogen and oxygen atoms in total. The Balaban J connectivity index is 1.63. The van der Waals surface area contributed by atoms with E-state index in [4.69, 9.17) is 0 Å². The largest absolute Gasteiger partial charge is 0.322 e. The summed E-state index contributed by atoms with van der Waals surface area (Å²) in [6.45, 7) is 1.81. The van der Waals surface area contributed by atoms with E-state index >= 15 is 0 Å². The van der Waals surface area contributed by atoms with Crippen LogP contribution in [0.4, 0.5) is 10.1 Å². The van der Waals surface area contributed by atoms with Gasteiger partial charge in [0.25, 0.3) is 5.91 Å². The van der Waals surface area contributed by atoms with E-state index in [1.54, 1.807) is 18.2 Å². The lowest BCUT2D eigenvalue weighted by Gasteiger charge is -2.19. The minimum absolute atomic E-state index is 0.0279. The molecule has 0 unspecified atom stereocenters. The van der Waals surface area contributed by atoms with Gasteiger partial charge in [0.2, 0.25) is 5.91 Å². The second-order valence-electron chi connectivity index (χ2n) is 7.05. The van der Waals surface area contributed by atoms with Crippen molar-refractivity contribution in [3.8, 4) is 0 Å². The lowest BCUT2D eigenvalue weighted by Crippen LogP contribution is -2.29. The van der Waals surface area contributed by atoms with Gasteiger partial charge in [-0.15, -0.1) is 0 Å². The predicted octanol–water partition coefficient (Wildman–Crippen LogP) is 4.50. The highest BCUT2D eigenvalue weighted by molar-refractivity contribution is 6.05. The van der Waals surface area contributed by atoms with E-state index < -0.39 is 0 Å². The van der Waals surface area contributed by atoms with Gasteiger partial charge in [0.1, 0.15) is 5.82 Å². The minimum Gasteiger partial charge on any atom is -0.322 e. The van der Waals surface area contributed by atoms with Gasteiger partial charge in [0.15, 0.2) is 0 Å². The van der Waals surface area contributed by atoms with E-state index in [0.29, 0.717) is 17.0 Å². The molecule has 28 heavy (non-hydrogen) atoms.